The molecular weight excluding hydrogens is 238 g/mol. The van der Waals surface area contributed by atoms with Crippen molar-refractivity contribution in [1.29, 1.82) is 0 Å². The summed E-state index contributed by atoms with van der Waals surface area (Å²) in [7, 11) is 0. The van der Waals surface area contributed by atoms with Gasteiger partial charge in [-0.1, -0.05) is 42.5 Å². The summed E-state index contributed by atoms with van der Waals surface area (Å²) in [4.78, 5) is 0. The van der Waals surface area contributed by atoms with Crippen LogP contribution in [0.3, 0.4) is 0 Å². The quantitative estimate of drug-likeness (QED) is 0.864. The number of hydrogen-bond donors (Lipinski definition) is 1. The minimum Gasteiger partial charge on any atom is -0.490 e. The van der Waals surface area contributed by atoms with E-state index in [1.54, 1.807) is 0 Å². The third-order valence-corrected chi connectivity index (χ3v) is 2.80. The Kier molecular flexibility index (Phi) is 4.81. The summed E-state index contributed by atoms with van der Waals surface area (Å²) in [6.45, 7) is 2.98. The Morgan fingerprint density at radius 3 is 2.21 bits per heavy atom. The van der Waals surface area contributed by atoms with Crippen LogP contribution in [0.25, 0.3) is 0 Å². The molecule has 0 saturated carbocycles. The number of nitrogens with two attached hydrogens (primary N) is 1. The van der Waals surface area contributed by atoms with Crippen LogP contribution < -0.4 is 15.2 Å². The molecule has 0 amide bonds. The van der Waals surface area contributed by atoms with Gasteiger partial charge in [-0.05, 0) is 24.6 Å². The van der Waals surface area contributed by atoms with Gasteiger partial charge >= 0.3 is 0 Å². The smallest absolute Gasteiger partial charge is 0.162 e. The largest absolute Gasteiger partial charge is 0.490 e. The van der Waals surface area contributed by atoms with Crippen LogP contribution in [0.2, 0.25) is 0 Å². The van der Waals surface area contributed by atoms with Crippen LogP contribution in [0.15, 0.2) is 54.6 Å². The average Bonchev–Trinajstić information content (AvgIpc) is 2.47. The molecule has 0 aliphatic heterocycles. The van der Waals surface area contributed by atoms with E-state index >= 15 is 0 Å². The second-order valence-electron chi connectivity index (χ2n) is 4.13. The first-order valence-corrected chi connectivity index (χ1v) is 6.48. The molecule has 3 heteroatoms. The Balaban J connectivity index is 2.19. The first-order valence-electron chi connectivity index (χ1n) is 6.48. The molecule has 2 aromatic rings. The predicted octanol–water partition coefficient (Wildman–Crippen LogP) is 3.16. The number of hydrogen-bond acceptors (Lipinski definition) is 3. The zero-order valence-corrected chi connectivity index (χ0v) is 11.1. The molecule has 2 aromatic carbocycles. The maximum atomic E-state index is 5.98. The van der Waals surface area contributed by atoms with Crippen molar-refractivity contribution in [1.82, 2.24) is 0 Å². The highest BCUT2D eigenvalue weighted by Gasteiger charge is 2.13. The van der Waals surface area contributed by atoms with Crippen LogP contribution in [0.1, 0.15) is 18.6 Å². The zero-order chi connectivity index (χ0) is 13.5. The first kappa shape index (κ1) is 13.4. The van der Waals surface area contributed by atoms with E-state index in [2.05, 4.69) is 0 Å². The molecule has 1 atom stereocenters. The normalized spacial score (nSPS) is 11.9. The molecule has 0 aliphatic carbocycles. The van der Waals surface area contributed by atoms with E-state index in [1.807, 2.05) is 61.5 Å². The summed E-state index contributed by atoms with van der Waals surface area (Å²) in [5.41, 5.74) is 6.88. The molecule has 0 spiro atoms. The number of rotatable bonds is 6. The SMILES string of the molecule is CCOc1ccccc1O[C@H](CN)c1ccccc1. The van der Waals surface area contributed by atoms with Crippen LogP contribution in [0.4, 0.5) is 0 Å². The Morgan fingerprint density at radius 2 is 1.58 bits per heavy atom. The van der Waals surface area contributed by atoms with Gasteiger partial charge in [-0.2, -0.15) is 0 Å². The standard InChI is InChI=1S/C16H19NO2/c1-2-18-14-10-6-7-11-15(14)19-16(12-17)13-8-4-3-5-9-13/h3-11,16H,2,12,17H2,1H3/t16-/m1/s1. The highest BCUT2D eigenvalue weighted by atomic mass is 16.5. The lowest BCUT2D eigenvalue weighted by Gasteiger charge is -2.19. The highest BCUT2D eigenvalue weighted by molar-refractivity contribution is 5.40. The van der Waals surface area contributed by atoms with Crippen molar-refractivity contribution in [2.75, 3.05) is 13.2 Å². The number of para-hydroxylation sites is 2. The monoisotopic (exact) mass is 257 g/mol. The predicted molar refractivity (Wildman–Crippen MR) is 76.5 cm³/mol. The topological polar surface area (TPSA) is 44.5 Å². The fraction of sp³-hybridized carbons (Fsp3) is 0.250. The average molecular weight is 257 g/mol. The van der Waals surface area contributed by atoms with E-state index < -0.39 is 0 Å². The third-order valence-electron chi connectivity index (χ3n) is 2.80. The Morgan fingerprint density at radius 1 is 0.947 bits per heavy atom. The molecule has 19 heavy (non-hydrogen) atoms. The number of ether oxygens (including phenoxy) is 2. The lowest BCUT2D eigenvalue weighted by atomic mass is 10.1. The molecule has 0 unspecified atom stereocenters. The van der Waals surface area contributed by atoms with Crippen LogP contribution >= 0.6 is 0 Å². The second-order valence-corrected chi connectivity index (χ2v) is 4.13. The van der Waals surface area contributed by atoms with E-state index in [1.165, 1.54) is 0 Å². The van der Waals surface area contributed by atoms with Crippen LogP contribution in [0, 0.1) is 0 Å². The second kappa shape index (κ2) is 6.81. The molecule has 3 nitrogen and oxygen atoms in total. The Bertz CT molecular complexity index is 499. The van der Waals surface area contributed by atoms with Crippen molar-refractivity contribution in [3.8, 4) is 11.5 Å². The Hall–Kier alpha value is -2.00. The van der Waals surface area contributed by atoms with Gasteiger partial charge in [0.1, 0.15) is 6.10 Å². The van der Waals surface area contributed by atoms with Gasteiger partial charge in [0.05, 0.1) is 6.61 Å². The van der Waals surface area contributed by atoms with Gasteiger partial charge in [-0.15, -0.1) is 0 Å². The summed E-state index contributed by atoms with van der Waals surface area (Å²) in [5, 5.41) is 0. The lowest BCUT2D eigenvalue weighted by Crippen LogP contribution is -2.18. The molecule has 0 fully saturated rings. The van der Waals surface area contributed by atoms with Gasteiger partial charge in [-0.25, -0.2) is 0 Å². The van der Waals surface area contributed by atoms with E-state index in [-0.39, 0.29) is 6.10 Å². The first-order chi connectivity index (χ1) is 9.35. The third kappa shape index (κ3) is 3.48. The van der Waals surface area contributed by atoms with Crippen molar-refractivity contribution in [3.05, 3.63) is 60.2 Å². The minimum absolute atomic E-state index is 0.164. The summed E-state index contributed by atoms with van der Waals surface area (Å²) in [6.07, 6.45) is -0.164. The maximum absolute atomic E-state index is 5.98. The van der Waals surface area contributed by atoms with Crippen molar-refractivity contribution in [3.63, 3.8) is 0 Å². The van der Waals surface area contributed by atoms with Gasteiger partial charge in [0, 0.05) is 6.54 Å². The summed E-state index contributed by atoms with van der Waals surface area (Å²) >= 11 is 0. The van der Waals surface area contributed by atoms with E-state index in [4.69, 9.17) is 15.2 Å². The van der Waals surface area contributed by atoms with E-state index in [9.17, 15) is 0 Å². The van der Waals surface area contributed by atoms with Crippen LogP contribution in [0.5, 0.6) is 11.5 Å². The zero-order valence-electron chi connectivity index (χ0n) is 11.1. The van der Waals surface area contributed by atoms with Crippen LogP contribution in [-0.4, -0.2) is 13.2 Å². The fourth-order valence-electron chi connectivity index (χ4n) is 1.90. The van der Waals surface area contributed by atoms with Crippen LogP contribution in [-0.2, 0) is 0 Å². The molecule has 0 heterocycles. The lowest BCUT2D eigenvalue weighted by molar-refractivity contribution is 0.200. The summed E-state index contributed by atoms with van der Waals surface area (Å²) < 4.78 is 11.5. The highest BCUT2D eigenvalue weighted by Crippen LogP contribution is 2.30. The fourth-order valence-corrected chi connectivity index (χ4v) is 1.90. The Labute approximate surface area is 114 Å². The van der Waals surface area contributed by atoms with Gasteiger partial charge in [0.15, 0.2) is 11.5 Å². The van der Waals surface area contributed by atoms with Crippen molar-refractivity contribution in [2.45, 2.75) is 13.0 Å². The van der Waals surface area contributed by atoms with E-state index in [0.717, 1.165) is 17.1 Å². The molecule has 2 N–H and O–H groups in total. The molecule has 0 saturated heterocycles. The summed E-state index contributed by atoms with van der Waals surface area (Å²) in [5.74, 6) is 1.48. The van der Waals surface area contributed by atoms with Gasteiger partial charge in [0.2, 0.25) is 0 Å². The molecule has 100 valence electrons. The number of benzene rings is 2. The molecule has 0 radical (unpaired) electrons. The van der Waals surface area contributed by atoms with Crippen molar-refractivity contribution < 1.29 is 9.47 Å². The van der Waals surface area contributed by atoms with Gasteiger partial charge < -0.3 is 15.2 Å². The molecule has 0 aliphatic rings. The maximum Gasteiger partial charge on any atom is 0.162 e. The summed E-state index contributed by atoms with van der Waals surface area (Å²) in [6, 6.07) is 17.6. The molecule has 0 aromatic heterocycles. The van der Waals surface area contributed by atoms with Crippen molar-refractivity contribution in [2.24, 2.45) is 5.73 Å². The van der Waals surface area contributed by atoms with Crippen molar-refractivity contribution >= 4 is 0 Å². The minimum atomic E-state index is -0.164. The molecule has 0 bridgehead atoms. The molecular formula is C16H19NO2. The van der Waals surface area contributed by atoms with Gasteiger partial charge in [-0.3, -0.25) is 0 Å². The van der Waals surface area contributed by atoms with Gasteiger partial charge in [0.25, 0.3) is 0 Å². The molecule has 2 rings (SSSR count). The van der Waals surface area contributed by atoms with E-state index in [0.29, 0.717) is 13.2 Å².